The lowest BCUT2D eigenvalue weighted by Crippen LogP contribution is -2.23. The van der Waals surface area contributed by atoms with E-state index in [1.54, 1.807) is 24.3 Å². The fraction of sp³-hybridized carbons (Fsp3) is 0.182. The van der Waals surface area contributed by atoms with Crippen molar-refractivity contribution < 1.29 is 31.5 Å². The summed E-state index contributed by atoms with van der Waals surface area (Å²) in [7, 11) is 0. The summed E-state index contributed by atoms with van der Waals surface area (Å²) in [6, 6.07) is 6.93. The van der Waals surface area contributed by atoms with Crippen LogP contribution in [-0.4, -0.2) is 11.8 Å². The predicted octanol–water partition coefficient (Wildman–Crippen LogP) is 4.06. The second-order valence-electron chi connectivity index (χ2n) is 8.18. The number of benzene rings is 2. The summed E-state index contributed by atoms with van der Waals surface area (Å²) in [5.74, 6) is -12.8. The van der Waals surface area contributed by atoms with E-state index in [1.165, 1.54) is 0 Å². The molecule has 9 heteroatoms. The quantitative estimate of drug-likeness (QED) is 0.426. The highest BCUT2D eigenvalue weighted by atomic mass is 19.2. The van der Waals surface area contributed by atoms with E-state index in [-0.39, 0.29) is 16.7 Å². The van der Waals surface area contributed by atoms with Gasteiger partial charge in [-0.1, -0.05) is 45.0 Å². The zero-order chi connectivity index (χ0) is 22.8. The van der Waals surface area contributed by atoms with Crippen molar-refractivity contribution in [1.29, 1.82) is 0 Å². The first-order valence-electron chi connectivity index (χ1n) is 9.17. The van der Waals surface area contributed by atoms with E-state index in [9.17, 15) is 31.5 Å². The first-order chi connectivity index (χ1) is 14.4. The number of halogens is 5. The Balaban J connectivity index is 1.92. The topological polar surface area (TPSA) is 58.2 Å². The van der Waals surface area contributed by atoms with Gasteiger partial charge in [0.1, 0.15) is 0 Å². The zero-order valence-corrected chi connectivity index (χ0v) is 16.5. The molecule has 2 amide bonds. The lowest BCUT2D eigenvalue weighted by Gasteiger charge is -2.19. The monoisotopic (exact) mass is 434 g/mol. The summed E-state index contributed by atoms with van der Waals surface area (Å²) in [4.78, 5) is 25.1. The Kier molecular flexibility index (Phi) is 4.53. The number of nitrogens with one attached hydrogen (secondary N) is 2. The van der Waals surface area contributed by atoms with Gasteiger partial charge in [0.2, 0.25) is 5.82 Å². The summed E-state index contributed by atoms with van der Waals surface area (Å²) < 4.78 is 69.3. The lowest BCUT2D eigenvalue weighted by molar-refractivity contribution is -0.117. The van der Waals surface area contributed by atoms with Crippen LogP contribution in [0.1, 0.15) is 37.5 Å². The van der Waals surface area contributed by atoms with Crippen LogP contribution in [-0.2, 0) is 15.0 Å². The van der Waals surface area contributed by atoms with Crippen LogP contribution < -0.4 is 10.6 Å². The second kappa shape index (κ2) is 6.76. The van der Waals surface area contributed by atoms with E-state index < -0.39 is 57.7 Å². The maximum absolute atomic E-state index is 14.3. The molecule has 0 saturated heterocycles. The van der Waals surface area contributed by atoms with Crippen LogP contribution in [0.3, 0.4) is 0 Å². The molecule has 0 saturated carbocycles. The number of carbonyl (C=O) groups excluding carboxylic acids is 2. The summed E-state index contributed by atoms with van der Waals surface area (Å²) in [6.45, 7) is 6.01. The SMILES string of the molecule is CC(C)(C)c1ccc(C2=C3C(=O)NC(c4c(F)c(F)c(F)c(F)c4F)=C3C(=O)N2)cc1. The van der Waals surface area contributed by atoms with Gasteiger partial charge in [0.25, 0.3) is 11.8 Å². The molecule has 0 atom stereocenters. The van der Waals surface area contributed by atoms with Crippen molar-refractivity contribution in [3.8, 4) is 0 Å². The van der Waals surface area contributed by atoms with Crippen LogP contribution in [0.2, 0.25) is 0 Å². The largest absolute Gasteiger partial charge is 0.321 e. The highest BCUT2D eigenvalue weighted by molar-refractivity contribution is 6.30. The average molecular weight is 434 g/mol. The fourth-order valence-electron chi connectivity index (χ4n) is 3.55. The highest BCUT2D eigenvalue weighted by Crippen LogP contribution is 2.40. The van der Waals surface area contributed by atoms with Gasteiger partial charge < -0.3 is 10.6 Å². The van der Waals surface area contributed by atoms with Crippen molar-refractivity contribution >= 4 is 23.2 Å². The summed E-state index contributed by atoms with van der Waals surface area (Å²) in [6.07, 6.45) is 0. The summed E-state index contributed by atoms with van der Waals surface area (Å²) in [5.41, 5.74) is -1.49. The van der Waals surface area contributed by atoms with Crippen LogP contribution in [0.25, 0.3) is 11.4 Å². The van der Waals surface area contributed by atoms with Gasteiger partial charge in [0.05, 0.1) is 28.1 Å². The minimum absolute atomic E-state index is 0.0804. The minimum atomic E-state index is -2.33. The summed E-state index contributed by atoms with van der Waals surface area (Å²) >= 11 is 0. The van der Waals surface area contributed by atoms with Gasteiger partial charge >= 0.3 is 0 Å². The van der Waals surface area contributed by atoms with Crippen molar-refractivity contribution in [1.82, 2.24) is 10.6 Å². The standard InChI is InChI=1S/C22H15F5N2O2/c1-22(2,3)9-6-4-8(5-7-9)18-10-11(21(31)28-18)19(29-20(10)30)12-13(23)15(25)17(27)16(26)14(12)24/h4-7H,1-3H3,(H,28,31)(H,29,30). The molecular weight excluding hydrogens is 419 g/mol. The molecule has 2 aromatic rings. The molecule has 0 aromatic heterocycles. The molecule has 0 fully saturated rings. The molecule has 2 N–H and O–H groups in total. The van der Waals surface area contributed by atoms with E-state index in [1.807, 2.05) is 20.8 Å². The third-order valence-corrected chi connectivity index (χ3v) is 5.18. The van der Waals surface area contributed by atoms with Gasteiger partial charge in [-0.3, -0.25) is 9.59 Å². The van der Waals surface area contributed by atoms with Crippen LogP contribution >= 0.6 is 0 Å². The number of hydrogen-bond donors (Lipinski definition) is 2. The smallest absolute Gasteiger partial charge is 0.258 e. The van der Waals surface area contributed by atoms with Crippen molar-refractivity contribution in [2.24, 2.45) is 0 Å². The molecule has 0 radical (unpaired) electrons. The number of amides is 2. The third kappa shape index (κ3) is 3.03. The number of hydrogen-bond acceptors (Lipinski definition) is 2. The zero-order valence-electron chi connectivity index (χ0n) is 16.5. The Morgan fingerprint density at radius 3 is 1.55 bits per heavy atom. The van der Waals surface area contributed by atoms with E-state index in [2.05, 4.69) is 10.6 Å². The maximum atomic E-state index is 14.3. The molecule has 2 heterocycles. The highest BCUT2D eigenvalue weighted by Gasteiger charge is 2.43. The molecule has 2 aromatic carbocycles. The first-order valence-corrected chi connectivity index (χ1v) is 9.17. The van der Waals surface area contributed by atoms with Gasteiger partial charge in [0.15, 0.2) is 23.3 Å². The molecule has 4 nitrogen and oxygen atoms in total. The second-order valence-corrected chi connectivity index (χ2v) is 8.18. The number of fused-ring (bicyclic) bond motifs is 1. The van der Waals surface area contributed by atoms with E-state index >= 15 is 0 Å². The van der Waals surface area contributed by atoms with Crippen LogP contribution in [0.4, 0.5) is 22.0 Å². The molecule has 0 spiro atoms. The van der Waals surface area contributed by atoms with Gasteiger partial charge in [-0.15, -0.1) is 0 Å². The van der Waals surface area contributed by atoms with Gasteiger partial charge in [0, 0.05) is 0 Å². The van der Waals surface area contributed by atoms with E-state index in [0.29, 0.717) is 5.56 Å². The Morgan fingerprint density at radius 2 is 1.06 bits per heavy atom. The van der Waals surface area contributed by atoms with Gasteiger partial charge in [-0.05, 0) is 16.5 Å². The van der Waals surface area contributed by atoms with Crippen LogP contribution in [0.5, 0.6) is 0 Å². The minimum Gasteiger partial charge on any atom is -0.321 e. The molecule has 0 bridgehead atoms. The fourth-order valence-corrected chi connectivity index (χ4v) is 3.55. The van der Waals surface area contributed by atoms with Crippen molar-refractivity contribution in [3.05, 3.63) is 81.2 Å². The molecule has 0 aliphatic carbocycles. The summed E-state index contributed by atoms with van der Waals surface area (Å²) in [5, 5.41) is 4.54. The van der Waals surface area contributed by atoms with Crippen LogP contribution in [0.15, 0.2) is 35.4 Å². The molecule has 160 valence electrons. The molecule has 4 rings (SSSR count). The third-order valence-electron chi connectivity index (χ3n) is 5.18. The lowest BCUT2D eigenvalue weighted by atomic mass is 9.86. The van der Waals surface area contributed by atoms with E-state index in [0.717, 1.165) is 5.56 Å². The van der Waals surface area contributed by atoms with Gasteiger partial charge in [-0.2, -0.15) is 0 Å². The van der Waals surface area contributed by atoms with Crippen LogP contribution in [0, 0.1) is 29.1 Å². The maximum Gasteiger partial charge on any atom is 0.258 e. The number of carbonyl (C=O) groups is 2. The predicted molar refractivity (Wildman–Crippen MR) is 101 cm³/mol. The van der Waals surface area contributed by atoms with E-state index in [4.69, 9.17) is 0 Å². The average Bonchev–Trinajstić information content (AvgIpc) is 3.23. The molecule has 2 aliphatic rings. The molecule has 2 aliphatic heterocycles. The van der Waals surface area contributed by atoms with Gasteiger partial charge in [-0.25, -0.2) is 22.0 Å². The Labute approximate surface area is 173 Å². The Hall–Kier alpha value is -3.49. The molecule has 0 unspecified atom stereocenters. The first kappa shape index (κ1) is 20.8. The number of rotatable bonds is 2. The van der Waals surface area contributed by atoms with Crippen molar-refractivity contribution in [2.75, 3.05) is 0 Å². The Bertz CT molecular complexity index is 1210. The molecule has 31 heavy (non-hydrogen) atoms. The normalized spacial score (nSPS) is 16.1. The molecular formula is C22H15F5N2O2. The van der Waals surface area contributed by atoms with Crippen molar-refractivity contribution in [3.63, 3.8) is 0 Å². The Morgan fingerprint density at radius 1 is 0.645 bits per heavy atom. The van der Waals surface area contributed by atoms with Crippen molar-refractivity contribution in [2.45, 2.75) is 26.2 Å².